The van der Waals surface area contributed by atoms with Gasteiger partial charge < -0.3 is 14.2 Å². The number of alkyl halides is 2. The van der Waals surface area contributed by atoms with Gasteiger partial charge in [-0.15, -0.1) is 0 Å². The first kappa shape index (κ1) is 22.2. The number of hydrogen-bond donors (Lipinski definition) is 0. The Morgan fingerprint density at radius 3 is 2.23 bits per heavy atom. The van der Waals surface area contributed by atoms with Gasteiger partial charge in [0, 0.05) is 18.1 Å². The van der Waals surface area contributed by atoms with Crippen LogP contribution in [0.15, 0.2) is 24.3 Å². The van der Waals surface area contributed by atoms with Crippen molar-refractivity contribution >= 4 is 0 Å². The lowest BCUT2D eigenvalue weighted by Crippen LogP contribution is -2.28. The van der Waals surface area contributed by atoms with Crippen LogP contribution in [0.4, 0.5) is 30.7 Å². The van der Waals surface area contributed by atoms with Crippen LogP contribution >= 0.6 is 0 Å². The van der Waals surface area contributed by atoms with E-state index in [4.69, 9.17) is 9.47 Å². The molecule has 1 fully saturated rings. The Kier molecular flexibility index (Phi) is 6.44. The number of ether oxygens (including phenoxy) is 3. The van der Waals surface area contributed by atoms with Crippen LogP contribution in [0, 0.1) is 35.0 Å². The molecule has 0 spiro atoms. The van der Waals surface area contributed by atoms with E-state index in [0.29, 0.717) is 12.7 Å². The Bertz CT molecular complexity index is 889. The highest BCUT2D eigenvalue weighted by molar-refractivity contribution is 5.34. The van der Waals surface area contributed by atoms with E-state index in [1.807, 2.05) is 6.92 Å². The number of benzene rings is 2. The second-order valence-corrected chi connectivity index (χ2v) is 6.96. The molecule has 0 radical (unpaired) electrons. The van der Waals surface area contributed by atoms with E-state index < -0.39 is 52.3 Å². The Hall–Kier alpha value is -2.49. The smallest absolute Gasteiger partial charge is 0.429 e. The highest BCUT2D eigenvalue weighted by Gasteiger charge is 2.40. The first-order valence-electron chi connectivity index (χ1n) is 9.02. The van der Waals surface area contributed by atoms with E-state index in [9.17, 15) is 30.7 Å². The monoisotopic (exact) mass is 438 g/mol. The quantitative estimate of drug-likeness (QED) is 0.428. The summed E-state index contributed by atoms with van der Waals surface area (Å²) in [4.78, 5) is 0. The first-order chi connectivity index (χ1) is 14.1. The van der Waals surface area contributed by atoms with Gasteiger partial charge in [0.15, 0.2) is 29.0 Å². The van der Waals surface area contributed by atoms with E-state index in [0.717, 1.165) is 18.9 Å². The average molecular weight is 438 g/mol. The summed E-state index contributed by atoms with van der Waals surface area (Å²) in [6, 6.07) is 1.64. The third-order valence-corrected chi connectivity index (χ3v) is 4.64. The standard InChI is InChI=1S/C20H17F7O3/c1-10-2-3-11(8-28-10)9-29-16-5-4-13(17(23)19(16)25)20(26,27)30-12-6-14(21)18(24)15(22)7-12/h4-7,10-11H,2-3,8-9H2,1H3. The molecule has 3 rings (SSSR count). The summed E-state index contributed by atoms with van der Waals surface area (Å²) < 4.78 is 111. The maximum atomic E-state index is 14.3. The molecule has 1 saturated heterocycles. The minimum atomic E-state index is -4.51. The molecule has 0 aromatic heterocycles. The van der Waals surface area contributed by atoms with Crippen LogP contribution in [0.2, 0.25) is 0 Å². The predicted molar refractivity (Wildman–Crippen MR) is 90.8 cm³/mol. The van der Waals surface area contributed by atoms with Crippen molar-refractivity contribution in [2.75, 3.05) is 13.2 Å². The van der Waals surface area contributed by atoms with Crippen LogP contribution in [0.3, 0.4) is 0 Å². The Labute approximate surface area is 167 Å². The van der Waals surface area contributed by atoms with E-state index in [1.54, 1.807) is 0 Å². The molecule has 164 valence electrons. The lowest BCUT2D eigenvalue weighted by atomic mass is 10.00. The van der Waals surface area contributed by atoms with E-state index in [2.05, 4.69) is 4.74 Å². The largest absolute Gasteiger partial charge is 0.490 e. The number of hydrogen-bond acceptors (Lipinski definition) is 3. The van der Waals surface area contributed by atoms with Gasteiger partial charge in [0.1, 0.15) is 11.3 Å². The van der Waals surface area contributed by atoms with Crippen LogP contribution in [-0.4, -0.2) is 19.3 Å². The average Bonchev–Trinajstić information content (AvgIpc) is 2.68. The molecule has 2 unspecified atom stereocenters. The fourth-order valence-corrected chi connectivity index (χ4v) is 2.94. The third kappa shape index (κ3) is 4.80. The van der Waals surface area contributed by atoms with Crippen LogP contribution in [0.5, 0.6) is 11.5 Å². The maximum absolute atomic E-state index is 14.3. The molecule has 10 heteroatoms. The molecule has 30 heavy (non-hydrogen) atoms. The van der Waals surface area contributed by atoms with Crippen molar-refractivity contribution in [3.63, 3.8) is 0 Å². The first-order valence-corrected chi connectivity index (χ1v) is 9.02. The molecule has 1 aliphatic rings. The van der Waals surface area contributed by atoms with Gasteiger partial charge in [0.05, 0.1) is 19.3 Å². The van der Waals surface area contributed by atoms with Gasteiger partial charge in [-0.1, -0.05) is 0 Å². The molecule has 3 nitrogen and oxygen atoms in total. The van der Waals surface area contributed by atoms with E-state index in [-0.39, 0.29) is 30.8 Å². The molecule has 1 aliphatic heterocycles. The van der Waals surface area contributed by atoms with Gasteiger partial charge >= 0.3 is 6.11 Å². The summed E-state index contributed by atoms with van der Waals surface area (Å²) in [5, 5.41) is 0. The molecular weight excluding hydrogens is 421 g/mol. The van der Waals surface area contributed by atoms with Crippen molar-refractivity contribution in [3.8, 4) is 11.5 Å². The molecular formula is C20H17F7O3. The van der Waals surface area contributed by atoms with Gasteiger partial charge in [-0.05, 0) is 31.9 Å². The van der Waals surface area contributed by atoms with Crippen LogP contribution in [0.25, 0.3) is 0 Å². The number of halogens is 7. The van der Waals surface area contributed by atoms with Gasteiger partial charge in [0.2, 0.25) is 5.82 Å². The molecule has 0 bridgehead atoms. The maximum Gasteiger partial charge on any atom is 0.429 e. The summed E-state index contributed by atoms with van der Waals surface area (Å²) >= 11 is 0. The zero-order valence-corrected chi connectivity index (χ0v) is 15.7. The lowest BCUT2D eigenvalue weighted by Gasteiger charge is -2.26. The molecule has 2 aromatic carbocycles. The highest BCUT2D eigenvalue weighted by atomic mass is 19.3. The topological polar surface area (TPSA) is 27.7 Å². The van der Waals surface area contributed by atoms with Crippen molar-refractivity contribution in [2.24, 2.45) is 5.92 Å². The van der Waals surface area contributed by atoms with Gasteiger partial charge in [0.25, 0.3) is 0 Å². The molecule has 2 atom stereocenters. The van der Waals surface area contributed by atoms with E-state index in [1.165, 1.54) is 0 Å². The second-order valence-electron chi connectivity index (χ2n) is 6.96. The minimum absolute atomic E-state index is 0.00343. The van der Waals surface area contributed by atoms with Crippen molar-refractivity contribution in [1.29, 1.82) is 0 Å². The van der Waals surface area contributed by atoms with Crippen molar-refractivity contribution in [2.45, 2.75) is 32.0 Å². The van der Waals surface area contributed by atoms with Crippen molar-refractivity contribution in [1.82, 2.24) is 0 Å². The number of rotatable bonds is 6. The second kappa shape index (κ2) is 8.71. The predicted octanol–water partition coefficient (Wildman–Crippen LogP) is 5.70. The Morgan fingerprint density at radius 2 is 1.63 bits per heavy atom. The van der Waals surface area contributed by atoms with E-state index >= 15 is 0 Å². The fourth-order valence-electron chi connectivity index (χ4n) is 2.94. The minimum Gasteiger partial charge on any atom is -0.490 e. The van der Waals surface area contributed by atoms with Crippen LogP contribution in [0.1, 0.15) is 25.3 Å². The highest BCUT2D eigenvalue weighted by Crippen LogP contribution is 2.37. The molecule has 0 amide bonds. The van der Waals surface area contributed by atoms with Crippen molar-refractivity contribution in [3.05, 3.63) is 58.9 Å². The zero-order valence-electron chi connectivity index (χ0n) is 15.7. The van der Waals surface area contributed by atoms with Gasteiger partial charge in [-0.2, -0.15) is 13.2 Å². The van der Waals surface area contributed by atoms with Gasteiger partial charge in [-0.3, -0.25) is 0 Å². The summed E-state index contributed by atoms with van der Waals surface area (Å²) in [5.74, 6) is -10.8. The molecule has 2 aromatic rings. The molecule has 0 N–H and O–H groups in total. The van der Waals surface area contributed by atoms with Crippen LogP contribution < -0.4 is 9.47 Å². The fraction of sp³-hybridized carbons (Fsp3) is 0.400. The van der Waals surface area contributed by atoms with Crippen LogP contribution in [-0.2, 0) is 10.8 Å². The zero-order chi connectivity index (χ0) is 22.1. The Morgan fingerprint density at radius 1 is 0.967 bits per heavy atom. The SMILES string of the molecule is CC1CCC(COc2ccc(C(F)(F)Oc3cc(F)c(F)c(F)c3)c(F)c2F)CO1. The lowest BCUT2D eigenvalue weighted by molar-refractivity contribution is -0.188. The summed E-state index contributed by atoms with van der Waals surface area (Å²) in [6.07, 6.45) is -2.88. The Balaban J connectivity index is 1.75. The summed E-state index contributed by atoms with van der Waals surface area (Å²) in [7, 11) is 0. The normalized spacial score (nSPS) is 19.6. The van der Waals surface area contributed by atoms with Crippen molar-refractivity contribution < 1.29 is 44.9 Å². The molecule has 1 heterocycles. The third-order valence-electron chi connectivity index (χ3n) is 4.64. The summed E-state index contributed by atoms with van der Waals surface area (Å²) in [5.41, 5.74) is -1.52. The summed E-state index contributed by atoms with van der Waals surface area (Å²) in [6.45, 7) is 2.28. The molecule has 0 aliphatic carbocycles. The molecule has 0 saturated carbocycles. The van der Waals surface area contributed by atoms with Gasteiger partial charge in [-0.25, -0.2) is 17.6 Å².